The lowest BCUT2D eigenvalue weighted by atomic mass is 10.2. The largest absolute Gasteiger partial charge is 0.376 e. The van der Waals surface area contributed by atoms with Crippen LogP contribution in [-0.4, -0.2) is 71.4 Å². The SMILES string of the molecule is CCc1cnc(N/C(C)=C/C=C/N2CCN(C)CC2)nc1N(CC)CO. The van der Waals surface area contributed by atoms with E-state index >= 15 is 0 Å². The summed E-state index contributed by atoms with van der Waals surface area (Å²) < 4.78 is 0. The average molecular weight is 361 g/mol. The molecule has 0 radical (unpaired) electrons. The van der Waals surface area contributed by atoms with E-state index in [-0.39, 0.29) is 6.73 Å². The summed E-state index contributed by atoms with van der Waals surface area (Å²) in [6.45, 7) is 11.0. The van der Waals surface area contributed by atoms with Crippen molar-refractivity contribution in [1.82, 2.24) is 19.8 Å². The summed E-state index contributed by atoms with van der Waals surface area (Å²) in [7, 11) is 2.16. The Balaban J connectivity index is 2.01. The molecular weight excluding hydrogens is 328 g/mol. The van der Waals surface area contributed by atoms with Gasteiger partial charge in [0.1, 0.15) is 12.5 Å². The molecule has 0 aliphatic carbocycles. The molecule has 0 saturated carbocycles. The van der Waals surface area contributed by atoms with Crippen LogP contribution in [0, 0.1) is 0 Å². The average Bonchev–Trinajstić information content (AvgIpc) is 2.65. The summed E-state index contributed by atoms with van der Waals surface area (Å²) in [5.41, 5.74) is 2.00. The molecule has 0 bridgehead atoms. The summed E-state index contributed by atoms with van der Waals surface area (Å²) in [5, 5.41) is 12.8. The van der Waals surface area contributed by atoms with Crippen LogP contribution in [0.4, 0.5) is 11.8 Å². The molecule has 144 valence electrons. The lowest BCUT2D eigenvalue weighted by Gasteiger charge is -2.31. The molecule has 1 aromatic heterocycles. The van der Waals surface area contributed by atoms with Gasteiger partial charge in [0, 0.05) is 50.2 Å². The van der Waals surface area contributed by atoms with Crippen LogP contribution in [-0.2, 0) is 6.42 Å². The minimum Gasteiger partial charge on any atom is -0.376 e. The number of nitrogens with one attached hydrogen (secondary N) is 1. The summed E-state index contributed by atoms with van der Waals surface area (Å²) in [6, 6.07) is 0. The van der Waals surface area contributed by atoms with Gasteiger partial charge in [-0.1, -0.05) is 6.92 Å². The molecule has 1 fully saturated rings. The highest BCUT2D eigenvalue weighted by Crippen LogP contribution is 2.19. The fraction of sp³-hybridized carbons (Fsp3) is 0.579. The molecule has 2 rings (SSSR count). The van der Waals surface area contributed by atoms with Crippen LogP contribution < -0.4 is 10.2 Å². The predicted molar refractivity (Wildman–Crippen MR) is 107 cm³/mol. The van der Waals surface area contributed by atoms with Crippen LogP contribution in [0.3, 0.4) is 0 Å². The number of aryl methyl sites for hydroxylation is 1. The van der Waals surface area contributed by atoms with Crippen molar-refractivity contribution in [1.29, 1.82) is 0 Å². The van der Waals surface area contributed by atoms with Gasteiger partial charge in [0.05, 0.1) is 0 Å². The minimum atomic E-state index is -0.0530. The van der Waals surface area contributed by atoms with Crippen molar-refractivity contribution in [3.8, 4) is 0 Å². The highest BCUT2D eigenvalue weighted by atomic mass is 16.3. The molecule has 1 aliphatic heterocycles. The Morgan fingerprint density at radius 1 is 1.31 bits per heavy atom. The van der Waals surface area contributed by atoms with E-state index in [0.29, 0.717) is 12.5 Å². The Hall–Kier alpha value is -2.12. The van der Waals surface area contributed by atoms with Crippen molar-refractivity contribution in [2.45, 2.75) is 27.2 Å². The van der Waals surface area contributed by atoms with Crippen molar-refractivity contribution >= 4 is 11.8 Å². The third kappa shape index (κ3) is 5.71. The minimum absolute atomic E-state index is 0.0530. The van der Waals surface area contributed by atoms with Gasteiger partial charge in [-0.15, -0.1) is 0 Å². The van der Waals surface area contributed by atoms with Crippen LogP contribution in [0.25, 0.3) is 0 Å². The number of aliphatic hydroxyl groups is 1. The third-order valence-corrected chi connectivity index (χ3v) is 4.56. The fourth-order valence-electron chi connectivity index (χ4n) is 2.80. The fourth-order valence-corrected chi connectivity index (χ4v) is 2.80. The molecule has 7 nitrogen and oxygen atoms in total. The zero-order valence-electron chi connectivity index (χ0n) is 16.4. The van der Waals surface area contributed by atoms with E-state index in [1.807, 2.05) is 31.0 Å². The number of allylic oxidation sites excluding steroid dienone is 3. The number of anilines is 2. The van der Waals surface area contributed by atoms with Gasteiger partial charge in [-0.05, 0) is 45.7 Å². The molecule has 2 heterocycles. The molecule has 7 heteroatoms. The standard InChI is InChI=1S/C19H32N6O/c1-5-17-14-20-19(22-18(17)25(6-2)15-26)21-16(3)8-7-9-24-12-10-23(4)11-13-24/h7-9,14,26H,5-6,10-13,15H2,1-4H3,(H,20,21,22)/b9-7+,16-8+. The van der Waals surface area contributed by atoms with Gasteiger partial charge >= 0.3 is 0 Å². The third-order valence-electron chi connectivity index (χ3n) is 4.56. The van der Waals surface area contributed by atoms with Gasteiger partial charge in [-0.2, -0.15) is 4.98 Å². The molecule has 0 amide bonds. The summed E-state index contributed by atoms with van der Waals surface area (Å²) in [5.74, 6) is 1.33. The van der Waals surface area contributed by atoms with Crippen molar-refractivity contribution < 1.29 is 5.11 Å². The van der Waals surface area contributed by atoms with Gasteiger partial charge in [-0.3, -0.25) is 0 Å². The van der Waals surface area contributed by atoms with Crippen molar-refractivity contribution in [3.63, 3.8) is 0 Å². The molecular formula is C19H32N6O. The lowest BCUT2D eigenvalue weighted by molar-refractivity contribution is 0.198. The number of likely N-dealkylation sites (N-methyl/N-ethyl adjacent to an activating group) is 1. The maximum atomic E-state index is 9.55. The molecule has 0 atom stereocenters. The highest BCUT2D eigenvalue weighted by Gasteiger charge is 2.12. The normalized spacial score (nSPS) is 16.3. The Morgan fingerprint density at radius 3 is 2.65 bits per heavy atom. The number of hydrogen-bond acceptors (Lipinski definition) is 7. The van der Waals surface area contributed by atoms with Gasteiger partial charge < -0.3 is 25.1 Å². The van der Waals surface area contributed by atoms with Gasteiger partial charge in [-0.25, -0.2) is 4.98 Å². The number of aromatic nitrogens is 2. The smallest absolute Gasteiger partial charge is 0.228 e. The number of piperazine rings is 1. The molecule has 0 spiro atoms. The molecule has 0 unspecified atom stereocenters. The van der Waals surface area contributed by atoms with E-state index in [9.17, 15) is 5.11 Å². The van der Waals surface area contributed by atoms with E-state index in [1.165, 1.54) is 0 Å². The second kappa shape index (κ2) is 10.1. The number of hydrogen-bond donors (Lipinski definition) is 2. The van der Waals surface area contributed by atoms with Crippen molar-refractivity contribution in [2.24, 2.45) is 0 Å². The van der Waals surface area contributed by atoms with Crippen molar-refractivity contribution in [2.75, 3.05) is 56.7 Å². The monoisotopic (exact) mass is 360 g/mol. The zero-order valence-corrected chi connectivity index (χ0v) is 16.4. The van der Waals surface area contributed by atoms with Crippen LogP contribution in [0.15, 0.2) is 30.2 Å². The Morgan fingerprint density at radius 2 is 2.04 bits per heavy atom. The van der Waals surface area contributed by atoms with E-state index < -0.39 is 0 Å². The van der Waals surface area contributed by atoms with E-state index in [0.717, 1.165) is 49.7 Å². The second-order valence-corrected chi connectivity index (χ2v) is 6.55. The summed E-state index contributed by atoms with van der Waals surface area (Å²) in [6.07, 6.45) is 8.88. The summed E-state index contributed by atoms with van der Waals surface area (Å²) >= 11 is 0. The first-order chi connectivity index (χ1) is 12.6. The highest BCUT2D eigenvalue weighted by molar-refractivity contribution is 5.50. The van der Waals surface area contributed by atoms with E-state index in [2.05, 4.69) is 51.3 Å². The molecule has 1 aliphatic rings. The molecule has 26 heavy (non-hydrogen) atoms. The lowest BCUT2D eigenvalue weighted by Crippen LogP contribution is -2.41. The summed E-state index contributed by atoms with van der Waals surface area (Å²) in [4.78, 5) is 15.5. The first-order valence-corrected chi connectivity index (χ1v) is 9.33. The number of rotatable bonds is 8. The second-order valence-electron chi connectivity index (χ2n) is 6.55. The van der Waals surface area contributed by atoms with Crippen LogP contribution >= 0.6 is 0 Å². The first-order valence-electron chi connectivity index (χ1n) is 9.33. The molecule has 1 saturated heterocycles. The Bertz CT molecular complexity index is 618. The quantitative estimate of drug-likeness (QED) is 0.542. The van der Waals surface area contributed by atoms with Gasteiger partial charge in [0.15, 0.2) is 0 Å². The predicted octanol–water partition coefficient (Wildman–Crippen LogP) is 1.89. The molecule has 1 aromatic rings. The van der Waals surface area contributed by atoms with Gasteiger partial charge in [0.2, 0.25) is 5.95 Å². The Kier molecular flexibility index (Phi) is 7.87. The van der Waals surface area contributed by atoms with E-state index in [1.54, 1.807) is 0 Å². The maximum absolute atomic E-state index is 9.55. The van der Waals surface area contributed by atoms with Crippen LogP contribution in [0.5, 0.6) is 0 Å². The van der Waals surface area contributed by atoms with Gasteiger partial charge in [0.25, 0.3) is 0 Å². The topological polar surface area (TPSA) is 67.8 Å². The van der Waals surface area contributed by atoms with Crippen LogP contribution in [0.2, 0.25) is 0 Å². The molecule has 2 N–H and O–H groups in total. The zero-order chi connectivity index (χ0) is 18.9. The first kappa shape index (κ1) is 20.2. The molecule has 0 aromatic carbocycles. The Labute approximate surface area is 157 Å². The van der Waals surface area contributed by atoms with Crippen molar-refractivity contribution in [3.05, 3.63) is 35.8 Å². The van der Waals surface area contributed by atoms with E-state index in [4.69, 9.17) is 0 Å². The number of nitrogens with zero attached hydrogens (tertiary/aromatic N) is 5. The maximum Gasteiger partial charge on any atom is 0.228 e. The van der Waals surface area contributed by atoms with Crippen LogP contribution in [0.1, 0.15) is 26.3 Å². The number of aliphatic hydroxyl groups excluding tert-OH is 1.